The summed E-state index contributed by atoms with van der Waals surface area (Å²) in [4.78, 5) is 28.7. The standard InChI is InChI=1S/C38H39N3O6S2/c1-3-45-34(43)21-40-37(44)39-20-29-8-4-5-9-30(29)26-16-18-28(19-17-26)36-46-32(23-48-38-41-31-10-6-7-11-33(31)49-38)24(2)35(47-36)27-14-12-25(22-42)13-15-27/h4-19,24,32,35-36,42H,3,20-23H2,1-2H3,(H2,39,40,44). The maximum atomic E-state index is 12.3. The molecule has 1 aromatic heterocycles. The Hall–Kier alpha value is -4.26. The molecule has 6 rings (SSSR count). The van der Waals surface area contributed by atoms with Crippen LogP contribution in [-0.4, -0.2) is 47.1 Å². The van der Waals surface area contributed by atoms with Crippen LogP contribution in [0.2, 0.25) is 0 Å². The van der Waals surface area contributed by atoms with E-state index in [1.807, 2.05) is 91.0 Å². The van der Waals surface area contributed by atoms with Gasteiger partial charge in [0.05, 0.1) is 35.6 Å². The topological polar surface area (TPSA) is 119 Å². The van der Waals surface area contributed by atoms with Crippen molar-refractivity contribution in [1.82, 2.24) is 15.6 Å². The first kappa shape index (κ1) is 34.6. The van der Waals surface area contributed by atoms with Crippen molar-refractivity contribution < 1.29 is 28.9 Å². The van der Waals surface area contributed by atoms with E-state index in [1.54, 1.807) is 30.0 Å². The molecule has 1 fully saturated rings. The summed E-state index contributed by atoms with van der Waals surface area (Å²) in [6.07, 6.45) is -0.914. The maximum absolute atomic E-state index is 12.3. The summed E-state index contributed by atoms with van der Waals surface area (Å²) in [5.74, 6) is 0.298. The van der Waals surface area contributed by atoms with E-state index >= 15 is 0 Å². The highest BCUT2D eigenvalue weighted by Crippen LogP contribution is 2.44. The van der Waals surface area contributed by atoms with Crippen LogP contribution in [0, 0.1) is 5.92 Å². The molecule has 3 N–H and O–H groups in total. The lowest BCUT2D eigenvalue weighted by molar-refractivity contribution is -0.268. The third-order valence-electron chi connectivity index (χ3n) is 8.42. The molecule has 1 aliphatic rings. The van der Waals surface area contributed by atoms with Gasteiger partial charge in [-0.3, -0.25) is 4.79 Å². The van der Waals surface area contributed by atoms with Crippen LogP contribution in [0.1, 0.15) is 48.5 Å². The fraction of sp³-hybridized carbons (Fsp3) is 0.289. The molecule has 0 saturated carbocycles. The van der Waals surface area contributed by atoms with E-state index in [-0.39, 0.29) is 44.4 Å². The number of amides is 2. The lowest BCUT2D eigenvalue weighted by Crippen LogP contribution is -2.38. The first-order valence-electron chi connectivity index (χ1n) is 16.3. The van der Waals surface area contributed by atoms with Crippen LogP contribution < -0.4 is 10.6 Å². The number of ether oxygens (including phenoxy) is 3. The number of hydrogen-bond acceptors (Lipinski definition) is 9. The van der Waals surface area contributed by atoms with Gasteiger partial charge in [0.2, 0.25) is 0 Å². The third-order valence-corrected chi connectivity index (χ3v) is 10.7. The van der Waals surface area contributed by atoms with Crippen molar-refractivity contribution >= 4 is 45.3 Å². The molecule has 4 unspecified atom stereocenters. The van der Waals surface area contributed by atoms with Crippen LogP contribution in [0.5, 0.6) is 0 Å². The quantitative estimate of drug-likeness (QED) is 0.0912. The van der Waals surface area contributed by atoms with Crippen LogP contribution in [0.25, 0.3) is 21.3 Å². The van der Waals surface area contributed by atoms with Crippen LogP contribution in [0.4, 0.5) is 4.79 Å². The molecular formula is C38H39N3O6S2. The number of aliphatic hydroxyl groups excluding tert-OH is 1. The summed E-state index contributed by atoms with van der Waals surface area (Å²) >= 11 is 3.40. The molecule has 0 spiro atoms. The molecule has 254 valence electrons. The lowest BCUT2D eigenvalue weighted by atomic mass is 9.91. The van der Waals surface area contributed by atoms with Gasteiger partial charge in [-0.2, -0.15) is 0 Å². The van der Waals surface area contributed by atoms with E-state index in [0.717, 1.165) is 49.0 Å². The summed E-state index contributed by atoms with van der Waals surface area (Å²) in [5, 5.41) is 14.9. The Bertz CT molecular complexity index is 1830. The molecule has 4 atom stereocenters. The summed E-state index contributed by atoms with van der Waals surface area (Å²) in [6.45, 7) is 4.22. The van der Waals surface area contributed by atoms with Crippen molar-refractivity contribution in [2.75, 3.05) is 18.9 Å². The lowest BCUT2D eigenvalue weighted by Gasteiger charge is -2.41. The zero-order valence-electron chi connectivity index (χ0n) is 27.3. The molecule has 2 amide bonds. The van der Waals surface area contributed by atoms with Crippen LogP contribution in [0.3, 0.4) is 0 Å². The predicted octanol–water partition coefficient (Wildman–Crippen LogP) is 7.40. The van der Waals surface area contributed by atoms with E-state index in [9.17, 15) is 14.7 Å². The fourth-order valence-corrected chi connectivity index (χ4v) is 8.01. The molecule has 1 aliphatic heterocycles. The number of carbonyl (C=O) groups excluding carboxylic acids is 2. The maximum Gasteiger partial charge on any atom is 0.325 e. The number of thioether (sulfide) groups is 1. The van der Waals surface area contributed by atoms with E-state index in [1.165, 1.54) is 4.70 Å². The number of thiazole rings is 1. The Morgan fingerprint density at radius 1 is 0.918 bits per heavy atom. The average molecular weight is 698 g/mol. The Morgan fingerprint density at radius 3 is 2.41 bits per heavy atom. The number of aromatic nitrogens is 1. The van der Waals surface area contributed by atoms with Crippen LogP contribution >= 0.6 is 23.1 Å². The SMILES string of the molecule is CCOC(=O)CNC(=O)NCc1ccccc1-c1ccc(C2OC(CSc3nc4ccccc4s3)C(C)C(c3ccc(CO)cc3)O2)cc1. The van der Waals surface area contributed by atoms with Gasteiger partial charge in [-0.1, -0.05) is 104 Å². The van der Waals surface area contributed by atoms with E-state index < -0.39 is 18.3 Å². The predicted molar refractivity (Wildman–Crippen MR) is 192 cm³/mol. The molecule has 5 aromatic rings. The highest BCUT2D eigenvalue weighted by molar-refractivity contribution is 8.01. The number of para-hydroxylation sites is 1. The molecule has 9 nitrogen and oxygen atoms in total. The van der Waals surface area contributed by atoms with Crippen molar-refractivity contribution in [2.45, 2.75) is 49.8 Å². The number of esters is 1. The van der Waals surface area contributed by atoms with Crippen molar-refractivity contribution in [1.29, 1.82) is 0 Å². The van der Waals surface area contributed by atoms with Gasteiger partial charge >= 0.3 is 12.0 Å². The van der Waals surface area contributed by atoms with Crippen molar-refractivity contribution in [2.24, 2.45) is 5.92 Å². The second kappa shape index (κ2) is 16.4. The second-order valence-electron chi connectivity index (χ2n) is 11.7. The highest BCUT2D eigenvalue weighted by Gasteiger charge is 2.38. The first-order valence-corrected chi connectivity index (χ1v) is 18.1. The molecule has 49 heavy (non-hydrogen) atoms. The van der Waals surface area contributed by atoms with Crippen molar-refractivity contribution in [3.63, 3.8) is 0 Å². The Labute approximate surface area is 294 Å². The number of nitrogens with one attached hydrogen (secondary N) is 2. The number of rotatable bonds is 12. The van der Waals surface area contributed by atoms with E-state index in [4.69, 9.17) is 19.2 Å². The molecule has 11 heteroatoms. The van der Waals surface area contributed by atoms with E-state index in [0.29, 0.717) is 0 Å². The number of aliphatic hydroxyl groups is 1. The first-order chi connectivity index (χ1) is 23.9. The molecule has 0 bridgehead atoms. The number of fused-ring (bicyclic) bond motifs is 1. The van der Waals surface area contributed by atoms with Gasteiger partial charge in [-0.15, -0.1) is 11.3 Å². The average Bonchev–Trinajstić information content (AvgIpc) is 3.56. The summed E-state index contributed by atoms with van der Waals surface area (Å²) in [6, 6.07) is 31.6. The van der Waals surface area contributed by atoms with Crippen LogP contribution in [0.15, 0.2) is 101 Å². The van der Waals surface area contributed by atoms with Crippen molar-refractivity contribution in [3.05, 3.63) is 119 Å². The van der Waals surface area contributed by atoms with Crippen molar-refractivity contribution in [3.8, 4) is 11.1 Å². The minimum absolute atomic E-state index is 0.0112. The van der Waals surface area contributed by atoms with E-state index in [2.05, 4.69) is 23.6 Å². The molecular weight excluding hydrogens is 659 g/mol. The number of carbonyl (C=O) groups is 2. The Morgan fingerprint density at radius 2 is 1.65 bits per heavy atom. The monoisotopic (exact) mass is 697 g/mol. The van der Waals surface area contributed by atoms with Gasteiger partial charge in [0.1, 0.15) is 6.54 Å². The van der Waals surface area contributed by atoms with Crippen LogP contribution in [-0.2, 0) is 32.2 Å². The fourth-order valence-electron chi connectivity index (χ4n) is 5.75. The zero-order chi connectivity index (χ0) is 34.2. The Balaban J connectivity index is 1.18. The van der Waals surface area contributed by atoms with Gasteiger partial charge in [0, 0.05) is 23.8 Å². The summed E-state index contributed by atoms with van der Waals surface area (Å²) in [5.41, 5.74) is 6.69. The molecule has 4 aromatic carbocycles. The summed E-state index contributed by atoms with van der Waals surface area (Å²) < 4.78 is 20.4. The minimum Gasteiger partial charge on any atom is -0.465 e. The smallest absolute Gasteiger partial charge is 0.325 e. The molecule has 0 radical (unpaired) electrons. The third kappa shape index (κ3) is 8.67. The van der Waals surface area contributed by atoms with Gasteiger partial charge in [0.15, 0.2) is 10.6 Å². The minimum atomic E-state index is -0.589. The van der Waals surface area contributed by atoms with Gasteiger partial charge in [0.25, 0.3) is 0 Å². The summed E-state index contributed by atoms with van der Waals surface area (Å²) in [7, 11) is 0. The largest absolute Gasteiger partial charge is 0.465 e. The van der Waals surface area contributed by atoms with Gasteiger partial charge < -0.3 is 30.0 Å². The highest BCUT2D eigenvalue weighted by atomic mass is 32.2. The number of benzene rings is 4. The molecule has 2 heterocycles. The number of hydrogen-bond donors (Lipinski definition) is 3. The van der Waals surface area contributed by atoms with Gasteiger partial charge in [-0.05, 0) is 46.9 Å². The number of urea groups is 1. The normalized spacial score (nSPS) is 19.0. The zero-order valence-corrected chi connectivity index (χ0v) is 29.0. The molecule has 1 saturated heterocycles. The molecule has 0 aliphatic carbocycles. The second-order valence-corrected chi connectivity index (χ2v) is 14.0. The van der Waals surface area contributed by atoms with Gasteiger partial charge in [-0.25, -0.2) is 9.78 Å². The number of nitrogens with zero attached hydrogens (tertiary/aromatic N) is 1. The Kier molecular flexibility index (Phi) is 11.6.